The summed E-state index contributed by atoms with van der Waals surface area (Å²) in [6.07, 6.45) is 0.441. The van der Waals surface area contributed by atoms with Crippen LogP contribution in [0.3, 0.4) is 0 Å². The maximum Gasteiger partial charge on any atom is 0.326 e. The molecule has 121 heavy (non-hydrogen) atoms. The third-order valence-electron chi connectivity index (χ3n) is 21.3. The Balaban J connectivity index is 1.24. The molecule has 3 aliphatic heterocycles. The van der Waals surface area contributed by atoms with Gasteiger partial charge < -0.3 is 122 Å². The van der Waals surface area contributed by atoms with E-state index in [9.17, 15) is 77.6 Å². The Morgan fingerprint density at radius 1 is 0.529 bits per heavy atom. The molecular formula is C80H122N22O19. The van der Waals surface area contributed by atoms with Gasteiger partial charge in [0.15, 0.2) is 11.9 Å². The van der Waals surface area contributed by atoms with E-state index in [-0.39, 0.29) is 159 Å². The largest absolute Gasteiger partial charge is 0.508 e. The van der Waals surface area contributed by atoms with Gasteiger partial charge in [0.2, 0.25) is 82.7 Å². The molecule has 3 aliphatic rings. The number of nitrogens with one attached hydrogen (secondary N) is 16. The first-order chi connectivity index (χ1) is 57.4. The number of likely N-dealkylation sites (tertiary alicyclic amines) is 2. The number of carbonyl (C=O) groups is 16. The first kappa shape index (κ1) is 97.6. The summed E-state index contributed by atoms with van der Waals surface area (Å²) < 4.78 is 0. The van der Waals surface area contributed by atoms with Crippen LogP contribution in [0, 0.1) is 28.6 Å². The number of aromatic amines is 1. The van der Waals surface area contributed by atoms with Crippen molar-refractivity contribution in [3.05, 3.63) is 65.9 Å². The van der Waals surface area contributed by atoms with Crippen molar-refractivity contribution < 1.29 is 92.0 Å². The maximum absolute atomic E-state index is 15.2. The number of nitrogens with zero attached hydrogens (tertiary/aromatic N) is 2. The van der Waals surface area contributed by atoms with Crippen LogP contribution in [0.4, 0.5) is 0 Å². The van der Waals surface area contributed by atoms with Crippen LogP contribution in [0.1, 0.15) is 175 Å². The molecule has 1 unspecified atom stereocenters. The zero-order chi connectivity index (χ0) is 89.3. The van der Waals surface area contributed by atoms with Crippen LogP contribution in [-0.4, -0.2) is 248 Å². The van der Waals surface area contributed by atoms with Gasteiger partial charge in [-0.15, -0.1) is 0 Å². The maximum atomic E-state index is 15.2. The summed E-state index contributed by atoms with van der Waals surface area (Å²) >= 11 is 0. The lowest BCUT2D eigenvalue weighted by Gasteiger charge is -2.32. The van der Waals surface area contributed by atoms with Crippen LogP contribution in [0.2, 0.25) is 0 Å². The fourth-order valence-electron chi connectivity index (χ4n) is 14.7. The number of phenolic OH excluding ortho intramolecular Hbond substituents is 1. The number of para-hydroxylation sites is 1. The van der Waals surface area contributed by atoms with Crippen molar-refractivity contribution in [1.29, 1.82) is 10.8 Å². The van der Waals surface area contributed by atoms with Crippen LogP contribution in [-0.2, 0) is 89.6 Å². The van der Waals surface area contributed by atoms with Gasteiger partial charge in [0, 0.05) is 69.0 Å². The average Bonchev–Trinajstić information content (AvgIpc) is 1.59. The topological polar surface area (TPSA) is 664 Å². The molecule has 0 spiro atoms. The number of nitrogens with two attached hydrogens (primary N) is 4. The van der Waals surface area contributed by atoms with E-state index in [0.717, 1.165) is 10.9 Å². The van der Waals surface area contributed by atoms with Gasteiger partial charge in [-0.05, 0) is 150 Å². The number of rotatable bonds is 50. The summed E-state index contributed by atoms with van der Waals surface area (Å²) in [5.41, 5.74) is 24.4. The molecule has 3 fully saturated rings. The molecule has 4 heterocycles. The molecule has 0 aliphatic carbocycles. The van der Waals surface area contributed by atoms with E-state index in [1.54, 1.807) is 59.9 Å². The summed E-state index contributed by atoms with van der Waals surface area (Å²) in [5, 5.41) is 80.4. The van der Waals surface area contributed by atoms with Gasteiger partial charge in [0.05, 0.1) is 6.42 Å². The summed E-state index contributed by atoms with van der Waals surface area (Å²) in [6, 6.07) is -5.82. The number of hydrogen-bond acceptors (Lipinski definition) is 20. The highest BCUT2D eigenvalue weighted by atomic mass is 16.4. The molecule has 27 N–H and O–H groups in total. The van der Waals surface area contributed by atoms with Crippen molar-refractivity contribution in [3.63, 3.8) is 0 Å². The van der Waals surface area contributed by atoms with E-state index in [4.69, 9.17) is 33.8 Å². The zero-order valence-corrected chi connectivity index (χ0v) is 69.4. The Morgan fingerprint density at radius 2 is 1.00 bits per heavy atom. The molecule has 14 atom stereocenters. The number of carboxylic acid groups (broad SMARTS) is 2. The number of aromatic nitrogens is 1. The average molecular weight is 1700 g/mol. The number of guanidine groups is 2. The number of hydrogen-bond donors (Lipinski definition) is 23. The summed E-state index contributed by atoms with van der Waals surface area (Å²) in [5.74, 6) is -16.7. The third-order valence-corrected chi connectivity index (χ3v) is 21.3. The van der Waals surface area contributed by atoms with Gasteiger partial charge in [-0.3, -0.25) is 82.7 Å². The normalized spacial score (nSPS) is 17.7. The minimum Gasteiger partial charge on any atom is -0.508 e. The molecule has 0 bridgehead atoms. The molecule has 41 nitrogen and oxygen atoms in total. The van der Waals surface area contributed by atoms with Gasteiger partial charge in [0.1, 0.15) is 84.3 Å². The number of amides is 14. The molecule has 6 rings (SSSR count). The Kier molecular flexibility index (Phi) is 38.9. The van der Waals surface area contributed by atoms with E-state index in [0.29, 0.717) is 24.0 Å². The summed E-state index contributed by atoms with van der Waals surface area (Å²) in [4.78, 5) is 230. The smallest absolute Gasteiger partial charge is 0.326 e. The fourth-order valence-corrected chi connectivity index (χ4v) is 14.7. The number of benzene rings is 2. The van der Waals surface area contributed by atoms with Crippen LogP contribution in [0.5, 0.6) is 5.75 Å². The number of aliphatic carboxylic acids is 2. The van der Waals surface area contributed by atoms with Crippen molar-refractivity contribution in [2.45, 2.75) is 255 Å². The number of aromatic hydroxyl groups is 1. The van der Waals surface area contributed by atoms with Gasteiger partial charge >= 0.3 is 11.9 Å². The van der Waals surface area contributed by atoms with E-state index in [1.807, 2.05) is 12.1 Å². The van der Waals surface area contributed by atoms with Crippen molar-refractivity contribution in [1.82, 2.24) is 83.9 Å². The van der Waals surface area contributed by atoms with E-state index in [1.165, 1.54) is 34.1 Å². The molecule has 0 saturated carbocycles. The van der Waals surface area contributed by atoms with Crippen LogP contribution in [0.25, 0.3) is 10.9 Å². The third kappa shape index (κ3) is 31.2. The molecule has 41 heteroatoms. The van der Waals surface area contributed by atoms with Crippen LogP contribution >= 0.6 is 0 Å². The van der Waals surface area contributed by atoms with Crippen molar-refractivity contribution in [2.75, 3.05) is 32.7 Å². The molecule has 666 valence electrons. The van der Waals surface area contributed by atoms with Gasteiger partial charge in [-0.1, -0.05) is 78.3 Å². The Bertz CT molecular complexity index is 4160. The SMILES string of the molecule is CC[C@H](C)[C@H](NC(=O)[C@@H](Cc1c[nH]c2ccccc12)NC(=O)[C@@H]1CCCN1C(=O)[C@H](CCCNC(=N)N)NC(=O)[C@H](CCCNC(=N)N)NC(=O)[C@@H]1CCCN1C(=O)[C@H](CCCCN)NC(=O)C(CC(N)=O)NC(=O)[C@H](CCC(=O)O)NC(=O)[C@H](Cc1ccc(O)cc1)NC(=O)[C@H](CC(C)C)NC(=O)[C@@H]1CCC(=O)N1)C(=O)N[C@@H](CC(C)C)C(=O)O. The lowest BCUT2D eigenvalue weighted by molar-refractivity contribution is -0.144. The minimum atomic E-state index is -1.93. The highest BCUT2D eigenvalue weighted by molar-refractivity contribution is 6.02. The van der Waals surface area contributed by atoms with Crippen LogP contribution in [0.15, 0.2) is 54.7 Å². The minimum absolute atomic E-state index is 0.00730. The van der Waals surface area contributed by atoms with Crippen molar-refractivity contribution in [2.24, 2.45) is 40.7 Å². The van der Waals surface area contributed by atoms with Gasteiger partial charge in [-0.2, -0.15) is 0 Å². The van der Waals surface area contributed by atoms with E-state index >= 15 is 14.4 Å². The van der Waals surface area contributed by atoms with Gasteiger partial charge in [-0.25, -0.2) is 4.79 Å². The predicted octanol–water partition coefficient (Wildman–Crippen LogP) is -2.61. The number of carbonyl (C=O) groups excluding carboxylic acids is 14. The molecule has 3 saturated heterocycles. The number of primary amides is 1. The molecule has 1 aromatic heterocycles. The number of phenols is 1. The van der Waals surface area contributed by atoms with Gasteiger partial charge in [0.25, 0.3) is 0 Å². The molecule has 3 aromatic rings. The second-order valence-electron chi connectivity index (χ2n) is 31.8. The number of fused-ring (bicyclic) bond motifs is 1. The highest BCUT2D eigenvalue weighted by Crippen LogP contribution is 2.26. The standard InChI is InChI=1S/C80H122N22O19/c1-7-44(6)65(75(117)99-59(78(120)121)37-43(4)5)100-72(114)57(39-46-41-89-49-17-9-8-16-48(46)49)98-74(116)61-22-15-35-102(61)77(119)54(20-13-33-88-80(85)86)93-66(108)50(19-12-32-87-79(83)84)92-73(115)60-21-14-34-101(60)76(118)53(18-10-11-31-81)94-71(113)58(40-62(82)104)97-68(110)52(28-30-64(106)107)91-70(112)56(38-45-23-25-47(103)26-24-45)96-69(111)55(36-42(2)3)95-67(109)51-27-29-63(105)90-51/h8-9,16-17,23-26,41-44,50-61,65,89,103H,7,10-15,18-22,27-40,81H2,1-6H3,(H2,82,104)(H,90,105)(H,91,112)(H,92,115)(H,93,108)(H,94,113)(H,95,109)(H,96,111)(H,97,110)(H,98,116)(H,99,117)(H,100,114)(H,106,107)(H,120,121)(H4,83,84,87)(H4,85,86,88)/t44-,50-,51-,52-,53-,54-,55-,56-,57+,58?,59-,60-,61-,65-/m0/s1. The number of unbranched alkanes of at least 4 members (excludes halogenated alkanes) is 1. The highest BCUT2D eigenvalue weighted by Gasteiger charge is 2.44. The van der Waals surface area contributed by atoms with Crippen molar-refractivity contribution in [3.8, 4) is 5.75 Å². The second-order valence-corrected chi connectivity index (χ2v) is 31.8. The summed E-state index contributed by atoms with van der Waals surface area (Å²) in [6.45, 7) is 10.7. The van der Waals surface area contributed by atoms with Crippen molar-refractivity contribution >= 4 is 117 Å². The Hall–Kier alpha value is -12.2. The quantitative estimate of drug-likeness (QED) is 0.0156. The molecule has 0 radical (unpaired) electrons. The lowest BCUT2D eigenvalue weighted by Crippen LogP contribution is -2.61. The summed E-state index contributed by atoms with van der Waals surface area (Å²) in [7, 11) is 0. The number of H-pyrrole nitrogens is 1. The van der Waals surface area contributed by atoms with E-state index in [2.05, 4.69) is 74.1 Å². The molecule has 2 aromatic carbocycles. The monoisotopic (exact) mass is 1690 g/mol. The number of carboxylic acids is 2. The fraction of sp³-hybridized carbons (Fsp3) is 0.600. The first-order valence-corrected chi connectivity index (χ1v) is 41.2. The Labute approximate surface area is 701 Å². The van der Waals surface area contributed by atoms with E-state index < -0.39 is 204 Å². The lowest BCUT2D eigenvalue weighted by atomic mass is 9.96. The molecular weight excluding hydrogens is 1570 g/mol. The second kappa shape index (κ2) is 48.2. The van der Waals surface area contributed by atoms with Crippen LogP contribution < -0.4 is 92.1 Å². The Morgan fingerprint density at radius 3 is 1.53 bits per heavy atom. The predicted molar refractivity (Wildman–Crippen MR) is 442 cm³/mol. The zero-order valence-electron chi connectivity index (χ0n) is 69.4. The molecule has 14 amide bonds. The first-order valence-electron chi connectivity index (χ1n) is 41.2.